The fraction of sp³-hybridized carbons (Fsp3) is 0.0833. The molecule has 0 amide bonds. The number of nitrogen functional groups attached to an aromatic ring is 1. The van der Waals surface area contributed by atoms with Gasteiger partial charge in [-0.15, -0.1) is 0 Å². The second-order valence-corrected chi connectivity index (χ2v) is 3.51. The maximum absolute atomic E-state index is 11.7. The van der Waals surface area contributed by atoms with Crippen molar-refractivity contribution in [1.82, 2.24) is 9.55 Å². The maximum atomic E-state index is 11.7. The Bertz CT molecular complexity index is 640. The summed E-state index contributed by atoms with van der Waals surface area (Å²) >= 11 is 0. The number of hydrogen-bond donors (Lipinski definition) is 1. The van der Waals surface area contributed by atoms with Crippen LogP contribution in [0.1, 0.15) is 16.1 Å². The summed E-state index contributed by atoms with van der Waals surface area (Å²) in [7, 11) is 1.27. The summed E-state index contributed by atoms with van der Waals surface area (Å²) in [5.74, 6) is -0.236. The molecule has 2 N–H and O–H groups in total. The van der Waals surface area contributed by atoms with Crippen LogP contribution in [0.3, 0.4) is 0 Å². The van der Waals surface area contributed by atoms with Crippen LogP contribution in [-0.4, -0.2) is 22.6 Å². The van der Waals surface area contributed by atoms with Crippen molar-refractivity contribution in [1.29, 1.82) is 5.26 Å². The van der Waals surface area contributed by atoms with Crippen LogP contribution < -0.4 is 5.73 Å². The molecule has 6 heteroatoms. The quantitative estimate of drug-likeness (QED) is 0.796. The number of nitrogens with two attached hydrogens (primary N) is 1. The Morgan fingerprint density at radius 1 is 1.61 bits per heavy atom. The molecule has 6 nitrogen and oxygen atoms in total. The first kappa shape index (κ1) is 11.7. The molecule has 0 saturated heterocycles. The van der Waals surface area contributed by atoms with Crippen molar-refractivity contribution in [3.8, 4) is 11.9 Å². The molecule has 18 heavy (non-hydrogen) atoms. The van der Waals surface area contributed by atoms with Crippen molar-refractivity contribution in [3.63, 3.8) is 0 Å². The predicted octanol–water partition coefficient (Wildman–Crippen LogP) is 1.11. The first-order valence-electron chi connectivity index (χ1n) is 5.09. The number of rotatable bonds is 2. The van der Waals surface area contributed by atoms with E-state index in [1.165, 1.54) is 23.9 Å². The fourth-order valence-corrected chi connectivity index (χ4v) is 1.58. The lowest BCUT2D eigenvalue weighted by atomic mass is 10.2. The van der Waals surface area contributed by atoms with Crippen LogP contribution in [0, 0.1) is 11.3 Å². The van der Waals surface area contributed by atoms with E-state index in [0.717, 1.165) is 0 Å². The lowest BCUT2D eigenvalue weighted by Gasteiger charge is -2.09. The second kappa shape index (κ2) is 4.59. The third kappa shape index (κ3) is 1.89. The number of ether oxygens (including phenoxy) is 1. The first-order valence-corrected chi connectivity index (χ1v) is 5.09. The third-order valence-corrected chi connectivity index (χ3v) is 2.38. The molecule has 2 heterocycles. The van der Waals surface area contributed by atoms with E-state index in [2.05, 4.69) is 9.72 Å². The fourth-order valence-electron chi connectivity index (χ4n) is 1.58. The average molecular weight is 242 g/mol. The number of esters is 1. The highest BCUT2D eigenvalue weighted by Crippen LogP contribution is 2.18. The topological polar surface area (TPSA) is 93.9 Å². The van der Waals surface area contributed by atoms with Crippen LogP contribution in [0.4, 0.5) is 5.69 Å². The van der Waals surface area contributed by atoms with E-state index in [-0.39, 0.29) is 5.56 Å². The van der Waals surface area contributed by atoms with E-state index in [0.29, 0.717) is 17.2 Å². The number of methoxy groups -OCH3 is 1. The van der Waals surface area contributed by atoms with Gasteiger partial charge in [-0.25, -0.2) is 9.78 Å². The van der Waals surface area contributed by atoms with Gasteiger partial charge in [0.1, 0.15) is 17.3 Å². The van der Waals surface area contributed by atoms with Crippen molar-refractivity contribution < 1.29 is 9.53 Å². The summed E-state index contributed by atoms with van der Waals surface area (Å²) in [6, 6.07) is 6.80. The number of nitriles is 1. The SMILES string of the molecule is COC(=O)c1cc(N)cnc1-n1cccc1C#N. The number of nitrogens with zero attached hydrogens (tertiary/aromatic N) is 3. The van der Waals surface area contributed by atoms with Crippen LogP contribution in [0.5, 0.6) is 0 Å². The van der Waals surface area contributed by atoms with Crippen LogP contribution in [0.25, 0.3) is 5.82 Å². The number of anilines is 1. The van der Waals surface area contributed by atoms with E-state index in [9.17, 15) is 4.79 Å². The molecule has 0 unspecified atom stereocenters. The molecule has 2 rings (SSSR count). The molecule has 0 aliphatic heterocycles. The Kier molecular flexibility index (Phi) is 2.98. The van der Waals surface area contributed by atoms with Gasteiger partial charge in [0.25, 0.3) is 0 Å². The van der Waals surface area contributed by atoms with Crippen LogP contribution in [-0.2, 0) is 4.74 Å². The maximum Gasteiger partial charge on any atom is 0.341 e. The summed E-state index contributed by atoms with van der Waals surface area (Å²) in [5, 5.41) is 8.97. The normalized spacial score (nSPS) is 9.78. The Labute approximate surface area is 103 Å². The lowest BCUT2D eigenvalue weighted by Crippen LogP contribution is -2.11. The molecular formula is C12H10N4O2. The highest BCUT2D eigenvalue weighted by molar-refractivity contribution is 5.93. The number of aromatic nitrogens is 2. The van der Waals surface area contributed by atoms with Gasteiger partial charge < -0.3 is 10.5 Å². The zero-order chi connectivity index (χ0) is 13.1. The molecule has 2 aromatic rings. The van der Waals surface area contributed by atoms with Gasteiger partial charge in [0.2, 0.25) is 0 Å². The summed E-state index contributed by atoms with van der Waals surface area (Å²) < 4.78 is 6.18. The van der Waals surface area contributed by atoms with Gasteiger partial charge in [0.05, 0.1) is 19.0 Å². The molecule has 0 aliphatic rings. The Balaban J connectivity index is 2.65. The minimum atomic E-state index is -0.553. The standard InChI is InChI=1S/C12H10N4O2/c1-18-12(17)10-5-8(14)7-15-11(10)16-4-2-3-9(16)6-13/h2-5,7H,14H2,1H3. The van der Waals surface area contributed by atoms with E-state index in [1.807, 2.05) is 6.07 Å². The molecule has 2 aromatic heterocycles. The van der Waals surface area contributed by atoms with Crippen LogP contribution in [0.15, 0.2) is 30.6 Å². The monoisotopic (exact) mass is 242 g/mol. The van der Waals surface area contributed by atoms with Gasteiger partial charge in [0, 0.05) is 6.20 Å². The molecule has 0 atom stereocenters. The summed E-state index contributed by atoms with van der Waals surface area (Å²) in [4.78, 5) is 15.8. The van der Waals surface area contributed by atoms with E-state index < -0.39 is 5.97 Å². The predicted molar refractivity (Wildman–Crippen MR) is 64.0 cm³/mol. The highest BCUT2D eigenvalue weighted by Gasteiger charge is 2.16. The van der Waals surface area contributed by atoms with Gasteiger partial charge in [-0.2, -0.15) is 5.26 Å². The van der Waals surface area contributed by atoms with Crippen LogP contribution in [0.2, 0.25) is 0 Å². The lowest BCUT2D eigenvalue weighted by molar-refractivity contribution is 0.0600. The Morgan fingerprint density at radius 2 is 2.39 bits per heavy atom. The van der Waals surface area contributed by atoms with E-state index >= 15 is 0 Å². The largest absolute Gasteiger partial charge is 0.465 e. The third-order valence-electron chi connectivity index (χ3n) is 2.38. The van der Waals surface area contributed by atoms with Gasteiger partial charge in [-0.1, -0.05) is 0 Å². The molecule has 90 valence electrons. The van der Waals surface area contributed by atoms with Crippen LogP contribution >= 0.6 is 0 Å². The smallest absolute Gasteiger partial charge is 0.341 e. The molecule has 0 aliphatic carbocycles. The molecular weight excluding hydrogens is 232 g/mol. The van der Waals surface area contributed by atoms with E-state index in [1.54, 1.807) is 18.3 Å². The molecule has 0 aromatic carbocycles. The van der Waals surface area contributed by atoms with Crippen molar-refractivity contribution in [2.24, 2.45) is 0 Å². The van der Waals surface area contributed by atoms with Crippen molar-refractivity contribution in [2.45, 2.75) is 0 Å². The van der Waals surface area contributed by atoms with Gasteiger partial charge in [0.15, 0.2) is 5.82 Å². The van der Waals surface area contributed by atoms with Crippen molar-refractivity contribution >= 4 is 11.7 Å². The van der Waals surface area contributed by atoms with Gasteiger partial charge >= 0.3 is 5.97 Å². The number of hydrogen-bond acceptors (Lipinski definition) is 5. The minimum absolute atomic E-state index is 0.213. The van der Waals surface area contributed by atoms with Gasteiger partial charge in [-0.3, -0.25) is 4.57 Å². The van der Waals surface area contributed by atoms with Gasteiger partial charge in [-0.05, 0) is 18.2 Å². The summed E-state index contributed by atoms with van der Waals surface area (Å²) in [6.07, 6.45) is 3.06. The average Bonchev–Trinajstić information content (AvgIpc) is 2.85. The molecule has 0 fully saturated rings. The Morgan fingerprint density at radius 3 is 3.06 bits per heavy atom. The molecule has 0 saturated carbocycles. The highest BCUT2D eigenvalue weighted by atomic mass is 16.5. The number of carbonyl (C=O) groups excluding carboxylic acids is 1. The zero-order valence-electron chi connectivity index (χ0n) is 9.62. The zero-order valence-corrected chi connectivity index (χ0v) is 9.62. The molecule has 0 radical (unpaired) electrons. The second-order valence-electron chi connectivity index (χ2n) is 3.51. The number of carbonyl (C=O) groups is 1. The minimum Gasteiger partial charge on any atom is -0.465 e. The molecule has 0 bridgehead atoms. The summed E-state index contributed by atoms with van der Waals surface area (Å²) in [6.45, 7) is 0. The summed E-state index contributed by atoms with van der Waals surface area (Å²) in [5.41, 5.74) is 6.54. The van der Waals surface area contributed by atoms with Crippen molar-refractivity contribution in [3.05, 3.63) is 41.9 Å². The Hall–Kier alpha value is -2.81. The number of pyridine rings is 1. The first-order chi connectivity index (χ1) is 8.67. The van der Waals surface area contributed by atoms with E-state index in [4.69, 9.17) is 11.0 Å². The van der Waals surface area contributed by atoms with Crippen molar-refractivity contribution in [2.75, 3.05) is 12.8 Å². The molecule has 0 spiro atoms.